The normalized spacial score (nSPS) is 10.4. The summed E-state index contributed by atoms with van der Waals surface area (Å²) in [5.74, 6) is 0.592. The number of nitrogens with zero attached hydrogens (tertiary/aromatic N) is 2. The van der Waals surface area contributed by atoms with Gasteiger partial charge in [0.2, 0.25) is 0 Å². The van der Waals surface area contributed by atoms with Gasteiger partial charge in [0.25, 0.3) is 0 Å². The number of rotatable bonds is 4. The number of aromatic nitrogens is 2. The van der Waals surface area contributed by atoms with E-state index in [9.17, 15) is 4.79 Å². The summed E-state index contributed by atoms with van der Waals surface area (Å²) in [5.41, 5.74) is 2.57. The second-order valence-electron chi connectivity index (χ2n) is 4.08. The molecule has 0 N–H and O–H groups in total. The Morgan fingerprint density at radius 1 is 1.44 bits per heavy atom. The quantitative estimate of drug-likeness (QED) is 0.815. The third-order valence-electron chi connectivity index (χ3n) is 2.57. The predicted molar refractivity (Wildman–Crippen MR) is 71.9 cm³/mol. The third kappa shape index (κ3) is 2.79. The number of hydrogen-bond acceptors (Lipinski definition) is 3. The van der Waals surface area contributed by atoms with Crippen LogP contribution >= 0.6 is 15.9 Å². The van der Waals surface area contributed by atoms with Gasteiger partial charge < -0.3 is 4.74 Å². The summed E-state index contributed by atoms with van der Waals surface area (Å²) in [5, 5.41) is 4.09. The van der Waals surface area contributed by atoms with Crippen molar-refractivity contribution in [2.75, 3.05) is 0 Å². The van der Waals surface area contributed by atoms with Gasteiger partial charge in [-0.3, -0.25) is 4.79 Å². The second-order valence-corrected chi connectivity index (χ2v) is 5.00. The van der Waals surface area contributed by atoms with Crippen molar-refractivity contribution in [2.45, 2.75) is 20.6 Å². The molecule has 1 aromatic heterocycles. The first-order valence-electron chi connectivity index (χ1n) is 5.47. The minimum absolute atomic E-state index is 0.273. The topological polar surface area (TPSA) is 44.1 Å². The van der Waals surface area contributed by atoms with Crippen LogP contribution in [0, 0.1) is 13.8 Å². The summed E-state index contributed by atoms with van der Waals surface area (Å²) in [7, 11) is 0. The van der Waals surface area contributed by atoms with Crippen LogP contribution in [0.25, 0.3) is 0 Å². The monoisotopic (exact) mass is 308 g/mol. The van der Waals surface area contributed by atoms with Gasteiger partial charge in [-0.25, -0.2) is 4.68 Å². The molecule has 0 amide bonds. The van der Waals surface area contributed by atoms with Crippen molar-refractivity contribution in [3.05, 3.63) is 45.7 Å². The van der Waals surface area contributed by atoms with E-state index in [4.69, 9.17) is 4.74 Å². The van der Waals surface area contributed by atoms with E-state index in [1.54, 1.807) is 10.9 Å². The first-order valence-corrected chi connectivity index (χ1v) is 6.26. The van der Waals surface area contributed by atoms with E-state index in [1.807, 2.05) is 32.2 Å². The first-order chi connectivity index (χ1) is 8.60. The Hall–Kier alpha value is -1.62. The summed E-state index contributed by atoms with van der Waals surface area (Å²) in [4.78, 5) is 11.1. The molecule has 1 aromatic carbocycles. The molecule has 0 spiro atoms. The van der Waals surface area contributed by atoms with E-state index in [-0.39, 0.29) is 6.73 Å². The number of aryl methyl sites for hydroxylation is 2. The van der Waals surface area contributed by atoms with Gasteiger partial charge in [-0.15, -0.1) is 0 Å². The van der Waals surface area contributed by atoms with E-state index >= 15 is 0 Å². The van der Waals surface area contributed by atoms with E-state index in [1.165, 1.54) is 0 Å². The Morgan fingerprint density at radius 3 is 2.83 bits per heavy atom. The van der Waals surface area contributed by atoms with Crippen LogP contribution in [-0.4, -0.2) is 16.1 Å². The standard InChI is InChI=1S/C13H13BrN2O2/c1-9-3-10(2)12(7-17)13(4-9)18-8-16-6-11(14)5-15-16/h3-7H,8H2,1-2H3. The van der Waals surface area contributed by atoms with Crippen LogP contribution in [0.5, 0.6) is 5.75 Å². The van der Waals surface area contributed by atoms with Crippen LogP contribution < -0.4 is 4.74 Å². The summed E-state index contributed by atoms with van der Waals surface area (Å²) in [6.45, 7) is 4.14. The average molecular weight is 309 g/mol. The molecule has 0 saturated carbocycles. The third-order valence-corrected chi connectivity index (χ3v) is 2.97. The lowest BCUT2D eigenvalue weighted by atomic mass is 10.1. The molecular formula is C13H13BrN2O2. The van der Waals surface area contributed by atoms with Crippen molar-refractivity contribution in [3.63, 3.8) is 0 Å². The van der Waals surface area contributed by atoms with Crippen LogP contribution in [0.1, 0.15) is 21.5 Å². The molecule has 1 heterocycles. The minimum atomic E-state index is 0.273. The Morgan fingerprint density at radius 2 is 2.22 bits per heavy atom. The minimum Gasteiger partial charge on any atom is -0.471 e. The zero-order chi connectivity index (χ0) is 13.1. The Kier molecular flexibility index (Phi) is 3.81. The van der Waals surface area contributed by atoms with Crippen LogP contribution in [0.15, 0.2) is 29.0 Å². The van der Waals surface area contributed by atoms with Gasteiger partial charge in [-0.2, -0.15) is 5.10 Å². The lowest BCUT2D eigenvalue weighted by Gasteiger charge is -2.11. The highest BCUT2D eigenvalue weighted by Gasteiger charge is 2.08. The van der Waals surface area contributed by atoms with Gasteiger partial charge in [-0.1, -0.05) is 6.07 Å². The highest BCUT2D eigenvalue weighted by Crippen LogP contribution is 2.23. The molecule has 0 aliphatic carbocycles. The van der Waals surface area contributed by atoms with Gasteiger partial charge >= 0.3 is 0 Å². The molecule has 0 radical (unpaired) electrons. The predicted octanol–water partition coefficient (Wildman–Crippen LogP) is 3.11. The van der Waals surface area contributed by atoms with Crippen LogP contribution in [0.3, 0.4) is 0 Å². The maximum absolute atomic E-state index is 11.1. The van der Waals surface area contributed by atoms with Gasteiger partial charge in [0.05, 0.1) is 16.2 Å². The molecule has 0 saturated heterocycles. The fraction of sp³-hybridized carbons (Fsp3) is 0.231. The molecule has 5 heteroatoms. The highest BCUT2D eigenvalue weighted by molar-refractivity contribution is 9.10. The van der Waals surface area contributed by atoms with Gasteiger partial charge in [0.15, 0.2) is 13.0 Å². The molecule has 0 aliphatic heterocycles. The SMILES string of the molecule is Cc1cc(C)c(C=O)c(OCn2cc(Br)cn2)c1. The lowest BCUT2D eigenvalue weighted by molar-refractivity contribution is 0.111. The highest BCUT2D eigenvalue weighted by atomic mass is 79.9. The smallest absolute Gasteiger partial charge is 0.180 e. The number of benzene rings is 1. The lowest BCUT2D eigenvalue weighted by Crippen LogP contribution is -2.07. The van der Waals surface area contributed by atoms with E-state index in [0.29, 0.717) is 11.3 Å². The Bertz CT molecular complexity index is 578. The number of carbonyl (C=O) groups is 1. The molecule has 18 heavy (non-hydrogen) atoms. The maximum Gasteiger partial charge on any atom is 0.180 e. The van der Waals surface area contributed by atoms with E-state index in [0.717, 1.165) is 21.9 Å². The number of hydrogen-bond donors (Lipinski definition) is 0. The fourth-order valence-electron chi connectivity index (χ4n) is 1.75. The van der Waals surface area contributed by atoms with Crippen LogP contribution in [0.4, 0.5) is 0 Å². The number of halogens is 1. The largest absolute Gasteiger partial charge is 0.471 e. The zero-order valence-corrected chi connectivity index (χ0v) is 11.8. The average Bonchev–Trinajstić information content (AvgIpc) is 2.72. The molecule has 94 valence electrons. The summed E-state index contributed by atoms with van der Waals surface area (Å²) in [6.07, 6.45) is 4.32. The van der Waals surface area contributed by atoms with Crippen molar-refractivity contribution in [2.24, 2.45) is 0 Å². The van der Waals surface area contributed by atoms with E-state index in [2.05, 4.69) is 21.0 Å². The molecule has 0 atom stereocenters. The number of carbonyl (C=O) groups excluding carboxylic acids is 1. The maximum atomic E-state index is 11.1. The van der Waals surface area contributed by atoms with E-state index < -0.39 is 0 Å². The first kappa shape index (κ1) is 12.8. The Labute approximate surface area is 114 Å². The summed E-state index contributed by atoms with van der Waals surface area (Å²) >= 11 is 3.31. The van der Waals surface area contributed by atoms with Crippen molar-refractivity contribution < 1.29 is 9.53 Å². The number of ether oxygens (including phenoxy) is 1. The van der Waals surface area contributed by atoms with Crippen molar-refractivity contribution >= 4 is 22.2 Å². The molecular weight excluding hydrogens is 296 g/mol. The molecule has 0 unspecified atom stereocenters. The fourth-order valence-corrected chi connectivity index (χ4v) is 2.08. The molecule has 0 fully saturated rings. The Balaban J connectivity index is 2.20. The molecule has 0 aliphatic rings. The number of aldehydes is 1. The molecule has 4 nitrogen and oxygen atoms in total. The molecule has 2 aromatic rings. The summed E-state index contributed by atoms with van der Waals surface area (Å²) < 4.78 is 8.18. The molecule has 0 bridgehead atoms. The molecule has 2 rings (SSSR count). The van der Waals surface area contributed by atoms with Crippen LogP contribution in [0.2, 0.25) is 0 Å². The zero-order valence-electron chi connectivity index (χ0n) is 10.2. The summed E-state index contributed by atoms with van der Waals surface area (Å²) in [6, 6.07) is 3.82. The second kappa shape index (κ2) is 5.35. The van der Waals surface area contributed by atoms with Crippen molar-refractivity contribution in [1.82, 2.24) is 9.78 Å². The van der Waals surface area contributed by atoms with Crippen molar-refractivity contribution in [3.8, 4) is 5.75 Å². The van der Waals surface area contributed by atoms with Gasteiger partial charge in [0.1, 0.15) is 5.75 Å². The van der Waals surface area contributed by atoms with Gasteiger partial charge in [-0.05, 0) is 47.0 Å². The van der Waals surface area contributed by atoms with Gasteiger partial charge in [0, 0.05) is 6.20 Å². The van der Waals surface area contributed by atoms with Crippen LogP contribution in [-0.2, 0) is 6.73 Å². The van der Waals surface area contributed by atoms with Crippen molar-refractivity contribution in [1.29, 1.82) is 0 Å².